The Kier molecular flexibility index (Phi) is 2.96. The van der Waals surface area contributed by atoms with Crippen molar-refractivity contribution >= 4 is 0 Å². The molecule has 0 bridgehead atoms. The number of hydrogen-bond donors (Lipinski definition) is 1. The van der Waals surface area contributed by atoms with Crippen LogP contribution in [0.15, 0.2) is 24.3 Å². The third kappa shape index (κ3) is 1.94. The molecule has 1 aromatic heterocycles. The molecule has 0 aliphatic carbocycles. The van der Waals surface area contributed by atoms with Gasteiger partial charge < -0.3 is 5.73 Å². The van der Waals surface area contributed by atoms with Gasteiger partial charge in [-0.05, 0) is 29.8 Å². The van der Waals surface area contributed by atoms with Crippen LogP contribution in [-0.4, -0.2) is 20.2 Å². The van der Waals surface area contributed by atoms with Crippen molar-refractivity contribution in [1.82, 2.24) is 20.2 Å². The van der Waals surface area contributed by atoms with Crippen molar-refractivity contribution in [1.29, 1.82) is 0 Å². The molecule has 2 rings (SSSR count). The number of aryl methyl sites for hydroxylation is 1. The minimum Gasteiger partial charge on any atom is -0.324 e. The second kappa shape index (κ2) is 4.40. The van der Waals surface area contributed by atoms with Gasteiger partial charge in [0.05, 0.1) is 12.6 Å². The van der Waals surface area contributed by atoms with Crippen molar-refractivity contribution in [3.63, 3.8) is 0 Å². The number of aromatic nitrogens is 4. The Balaban J connectivity index is 2.31. The fourth-order valence-corrected chi connectivity index (χ4v) is 1.63. The lowest BCUT2D eigenvalue weighted by molar-refractivity contribution is 0.521. The molecule has 0 radical (unpaired) electrons. The molecule has 1 heterocycles. The zero-order valence-electron chi connectivity index (χ0n) is 9.46. The average Bonchev–Trinajstić information content (AvgIpc) is 2.77. The fraction of sp³-hybridized carbons (Fsp3) is 0.364. The first-order valence-electron chi connectivity index (χ1n) is 5.25. The highest BCUT2D eigenvalue weighted by molar-refractivity contribution is 5.24. The Hall–Kier alpha value is -1.75. The minimum absolute atomic E-state index is 0.106. The normalized spacial score (nSPS) is 12.7. The summed E-state index contributed by atoms with van der Waals surface area (Å²) in [5.74, 6) is 0.702. The molecule has 0 amide bonds. The quantitative estimate of drug-likeness (QED) is 0.834. The molecule has 1 aromatic carbocycles. The summed E-state index contributed by atoms with van der Waals surface area (Å²) in [5.41, 5.74) is 7.99. The first kappa shape index (κ1) is 10.8. The molecule has 16 heavy (non-hydrogen) atoms. The molecule has 2 aromatic rings. The van der Waals surface area contributed by atoms with Gasteiger partial charge in [-0.1, -0.05) is 29.8 Å². The van der Waals surface area contributed by atoms with Crippen LogP contribution in [0.2, 0.25) is 0 Å². The zero-order valence-corrected chi connectivity index (χ0v) is 9.46. The largest absolute Gasteiger partial charge is 0.324 e. The number of nitrogens with two attached hydrogens (primary N) is 1. The summed E-state index contributed by atoms with van der Waals surface area (Å²) < 4.78 is 1.75. The van der Waals surface area contributed by atoms with Gasteiger partial charge >= 0.3 is 0 Å². The van der Waals surface area contributed by atoms with Crippen LogP contribution >= 0.6 is 0 Å². The number of hydrogen-bond acceptors (Lipinski definition) is 4. The van der Waals surface area contributed by atoms with Gasteiger partial charge in [-0.15, -0.1) is 5.10 Å². The van der Waals surface area contributed by atoms with E-state index >= 15 is 0 Å². The van der Waals surface area contributed by atoms with Crippen molar-refractivity contribution in [2.24, 2.45) is 5.73 Å². The lowest BCUT2D eigenvalue weighted by Gasteiger charge is -2.13. The van der Waals surface area contributed by atoms with E-state index < -0.39 is 0 Å². The fourth-order valence-electron chi connectivity index (χ4n) is 1.63. The van der Waals surface area contributed by atoms with Gasteiger partial charge in [-0.25, -0.2) is 4.68 Å². The molecular formula is C11H15N5. The highest BCUT2D eigenvalue weighted by Gasteiger charge is 2.13. The van der Waals surface area contributed by atoms with E-state index in [0.717, 1.165) is 0 Å². The first-order chi connectivity index (χ1) is 7.72. The summed E-state index contributed by atoms with van der Waals surface area (Å²) in [6.45, 7) is 4.47. The maximum absolute atomic E-state index is 5.57. The van der Waals surface area contributed by atoms with E-state index in [0.29, 0.717) is 12.4 Å². The van der Waals surface area contributed by atoms with Crippen molar-refractivity contribution in [3.05, 3.63) is 41.2 Å². The number of rotatable bonds is 3. The summed E-state index contributed by atoms with van der Waals surface area (Å²) in [4.78, 5) is 0. The van der Waals surface area contributed by atoms with E-state index in [1.807, 2.05) is 0 Å². The Bertz CT molecular complexity index is 459. The first-order valence-corrected chi connectivity index (χ1v) is 5.25. The smallest absolute Gasteiger partial charge is 0.165 e. The van der Waals surface area contributed by atoms with Crippen molar-refractivity contribution < 1.29 is 0 Å². The summed E-state index contributed by atoms with van der Waals surface area (Å²) in [6, 6.07) is 8.44. The third-order valence-electron chi connectivity index (χ3n) is 2.67. The summed E-state index contributed by atoms with van der Waals surface area (Å²) in [5, 5.41) is 11.5. The van der Waals surface area contributed by atoms with E-state index in [4.69, 9.17) is 5.73 Å². The molecule has 84 valence electrons. The molecule has 0 aliphatic heterocycles. The molecule has 0 saturated heterocycles. The predicted octanol–water partition coefficient (Wildman–Crippen LogP) is 1.05. The standard InChI is InChI=1S/C11H15N5/c1-8-3-5-10(6-4-8)9(2)16-11(7-12)13-14-15-16/h3-6,9H,7,12H2,1-2H3. The average molecular weight is 217 g/mol. The molecular weight excluding hydrogens is 202 g/mol. The Morgan fingerprint density at radius 3 is 2.62 bits per heavy atom. The van der Waals surface area contributed by atoms with Crippen LogP contribution in [0.4, 0.5) is 0 Å². The third-order valence-corrected chi connectivity index (χ3v) is 2.67. The molecule has 2 N–H and O–H groups in total. The SMILES string of the molecule is Cc1ccc(C(C)n2nnnc2CN)cc1. The molecule has 1 unspecified atom stereocenters. The van der Waals surface area contributed by atoms with Crippen molar-refractivity contribution in [3.8, 4) is 0 Å². The van der Waals surface area contributed by atoms with E-state index in [9.17, 15) is 0 Å². The van der Waals surface area contributed by atoms with Crippen LogP contribution in [0.5, 0.6) is 0 Å². The lowest BCUT2D eigenvalue weighted by atomic mass is 10.1. The molecule has 5 nitrogen and oxygen atoms in total. The molecule has 0 aliphatic rings. The van der Waals surface area contributed by atoms with Gasteiger partial charge in [-0.2, -0.15) is 0 Å². The highest BCUT2D eigenvalue weighted by atomic mass is 15.5. The Morgan fingerprint density at radius 1 is 1.31 bits per heavy atom. The van der Waals surface area contributed by atoms with E-state index in [1.54, 1.807) is 4.68 Å². The van der Waals surface area contributed by atoms with Gasteiger partial charge in [0.1, 0.15) is 0 Å². The molecule has 5 heteroatoms. The van der Waals surface area contributed by atoms with E-state index in [-0.39, 0.29) is 6.04 Å². The monoisotopic (exact) mass is 217 g/mol. The summed E-state index contributed by atoms with van der Waals surface area (Å²) >= 11 is 0. The van der Waals surface area contributed by atoms with Gasteiger partial charge in [0.15, 0.2) is 5.82 Å². The van der Waals surface area contributed by atoms with Gasteiger partial charge in [0, 0.05) is 0 Å². The van der Waals surface area contributed by atoms with Crippen LogP contribution in [0.1, 0.15) is 29.9 Å². The number of benzene rings is 1. The zero-order chi connectivity index (χ0) is 11.5. The van der Waals surface area contributed by atoms with Crippen LogP contribution in [0.25, 0.3) is 0 Å². The van der Waals surface area contributed by atoms with E-state index in [1.165, 1.54) is 11.1 Å². The Morgan fingerprint density at radius 2 is 2.00 bits per heavy atom. The maximum atomic E-state index is 5.57. The topological polar surface area (TPSA) is 69.6 Å². The molecule has 0 fully saturated rings. The summed E-state index contributed by atoms with van der Waals surface area (Å²) in [6.07, 6.45) is 0. The lowest BCUT2D eigenvalue weighted by Crippen LogP contribution is -2.15. The van der Waals surface area contributed by atoms with Crippen molar-refractivity contribution in [2.45, 2.75) is 26.4 Å². The second-order valence-corrected chi connectivity index (χ2v) is 3.83. The van der Waals surface area contributed by atoms with Gasteiger partial charge in [0.2, 0.25) is 0 Å². The van der Waals surface area contributed by atoms with Crippen LogP contribution < -0.4 is 5.73 Å². The van der Waals surface area contributed by atoms with Crippen LogP contribution in [-0.2, 0) is 6.54 Å². The van der Waals surface area contributed by atoms with Crippen molar-refractivity contribution in [2.75, 3.05) is 0 Å². The predicted molar refractivity (Wildman–Crippen MR) is 60.7 cm³/mol. The second-order valence-electron chi connectivity index (χ2n) is 3.83. The maximum Gasteiger partial charge on any atom is 0.165 e. The highest BCUT2D eigenvalue weighted by Crippen LogP contribution is 2.17. The molecule has 0 spiro atoms. The summed E-state index contributed by atoms with van der Waals surface area (Å²) in [7, 11) is 0. The molecule has 0 saturated carbocycles. The van der Waals surface area contributed by atoms with Gasteiger partial charge in [0.25, 0.3) is 0 Å². The van der Waals surface area contributed by atoms with Crippen LogP contribution in [0.3, 0.4) is 0 Å². The molecule has 1 atom stereocenters. The minimum atomic E-state index is 0.106. The number of nitrogens with zero attached hydrogens (tertiary/aromatic N) is 4. The number of tetrazole rings is 1. The van der Waals surface area contributed by atoms with Crippen LogP contribution in [0, 0.1) is 6.92 Å². The Labute approximate surface area is 94.3 Å². The van der Waals surface area contributed by atoms with E-state index in [2.05, 4.69) is 53.6 Å². The van der Waals surface area contributed by atoms with Gasteiger partial charge in [-0.3, -0.25) is 0 Å².